The van der Waals surface area contributed by atoms with Gasteiger partial charge in [-0.3, -0.25) is 37.3 Å². The lowest BCUT2D eigenvalue weighted by Gasteiger charge is -2.21. The number of esters is 4. The van der Waals surface area contributed by atoms with Crippen molar-refractivity contribution in [2.45, 2.75) is 362 Å². The third-order valence-electron chi connectivity index (χ3n) is 15.9. The van der Waals surface area contributed by atoms with Gasteiger partial charge in [-0.15, -0.1) is 0 Å². The van der Waals surface area contributed by atoms with Crippen molar-refractivity contribution in [2.24, 2.45) is 17.8 Å². The molecule has 0 heterocycles. The van der Waals surface area contributed by atoms with Gasteiger partial charge in [0.05, 0.1) is 26.4 Å². The largest absolute Gasteiger partial charge is 0.472 e. The fourth-order valence-electron chi connectivity index (χ4n) is 10.4. The van der Waals surface area contributed by atoms with E-state index in [0.29, 0.717) is 31.6 Å². The molecule has 0 spiro atoms. The number of carbonyl (C=O) groups is 4. The molecule has 0 radical (unpaired) electrons. The van der Waals surface area contributed by atoms with Crippen LogP contribution in [-0.4, -0.2) is 96.7 Å². The molecule has 2 unspecified atom stereocenters. The molecule has 0 aliphatic rings. The molecule has 0 aromatic carbocycles. The van der Waals surface area contributed by atoms with Crippen molar-refractivity contribution in [2.75, 3.05) is 39.6 Å². The van der Waals surface area contributed by atoms with Crippen LogP contribution < -0.4 is 0 Å². The monoisotopic (exact) mass is 1300 g/mol. The van der Waals surface area contributed by atoms with Gasteiger partial charge in [0.15, 0.2) is 12.2 Å². The molecule has 88 heavy (non-hydrogen) atoms. The number of carbonyl (C=O) groups excluding carboxylic acids is 4. The van der Waals surface area contributed by atoms with Gasteiger partial charge in [-0.25, -0.2) is 9.13 Å². The standard InChI is InChI=1S/C69H134O17P2/c1-8-9-10-11-12-13-17-23-29-38-45-52-68(73)86-65(57-80-67(72)51-44-37-32-31-35-42-49-62(6)7)59-84-88(77,78)82-55-63(70)54-81-87(75,76)83-58-64(56-79-66(71)50-43-36-28-25-20-22-27-34-41-48-61(4)5)85-69(74)53-46-39-30-24-19-16-14-15-18-21-26-33-40-47-60(2)3/h60-65,70H,8-59H2,1-7H3,(H,75,76)(H,77,78)/t63-,64-,65-/m1/s1. The van der Waals surface area contributed by atoms with Crippen LogP contribution in [0.2, 0.25) is 0 Å². The lowest BCUT2D eigenvalue weighted by molar-refractivity contribution is -0.161. The summed E-state index contributed by atoms with van der Waals surface area (Å²) in [5, 5.41) is 10.6. The highest BCUT2D eigenvalue weighted by molar-refractivity contribution is 7.47. The second-order valence-electron chi connectivity index (χ2n) is 26.3. The zero-order valence-electron chi connectivity index (χ0n) is 57.2. The van der Waals surface area contributed by atoms with Crippen LogP contribution >= 0.6 is 15.6 Å². The molecule has 0 aliphatic heterocycles. The van der Waals surface area contributed by atoms with Gasteiger partial charge in [-0.1, -0.05) is 292 Å². The van der Waals surface area contributed by atoms with Crippen molar-refractivity contribution >= 4 is 39.5 Å². The second-order valence-corrected chi connectivity index (χ2v) is 29.3. The van der Waals surface area contributed by atoms with E-state index >= 15 is 0 Å². The summed E-state index contributed by atoms with van der Waals surface area (Å²) in [7, 11) is -9.90. The summed E-state index contributed by atoms with van der Waals surface area (Å²) in [6.07, 6.45) is 43.1. The summed E-state index contributed by atoms with van der Waals surface area (Å²) in [6.45, 7) is 11.8. The van der Waals surface area contributed by atoms with Crippen LogP contribution in [0.15, 0.2) is 0 Å². The molecule has 5 atom stereocenters. The first kappa shape index (κ1) is 86.1. The maximum Gasteiger partial charge on any atom is 0.472 e. The van der Waals surface area contributed by atoms with Crippen molar-refractivity contribution in [1.82, 2.24) is 0 Å². The number of aliphatic hydroxyl groups is 1. The Morgan fingerprint density at radius 1 is 0.307 bits per heavy atom. The fourth-order valence-corrected chi connectivity index (χ4v) is 11.9. The van der Waals surface area contributed by atoms with Gasteiger partial charge in [0.2, 0.25) is 0 Å². The molecular weight excluding hydrogens is 1160 g/mol. The number of unbranched alkanes of at least 4 members (excludes halogenated alkanes) is 35. The van der Waals surface area contributed by atoms with Gasteiger partial charge >= 0.3 is 39.5 Å². The minimum Gasteiger partial charge on any atom is -0.462 e. The number of phosphoric ester groups is 2. The first-order valence-electron chi connectivity index (χ1n) is 35.8. The Hall–Kier alpha value is -1.94. The van der Waals surface area contributed by atoms with Crippen molar-refractivity contribution < 1.29 is 80.2 Å². The molecule has 0 fully saturated rings. The van der Waals surface area contributed by atoms with Crippen LogP contribution in [0.1, 0.15) is 344 Å². The van der Waals surface area contributed by atoms with Crippen molar-refractivity contribution in [3.8, 4) is 0 Å². The molecular formula is C69H134O17P2. The Bertz CT molecular complexity index is 1730. The lowest BCUT2D eigenvalue weighted by Crippen LogP contribution is -2.30. The summed E-state index contributed by atoms with van der Waals surface area (Å²) < 4.78 is 68.2. The summed E-state index contributed by atoms with van der Waals surface area (Å²) in [4.78, 5) is 72.4. The first-order valence-corrected chi connectivity index (χ1v) is 38.8. The highest BCUT2D eigenvalue weighted by Crippen LogP contribution is 2.45. The average molecular weight is 1300 g/mol. The highest BCUT2D eigenvalue weighted by atomic mass is 31.2. The van der Waals surface area contributed by atoms with Gasteiger partial charge in [0.1, 0.15) is 19.3 Å². The number of hydrogen-bond acceptors (Lipinski definition) is 15. The molecule has 17 nitrogen and oxygen atoms in total. The van der Waals surface area contributed by atoms with Crippen molar-refractivity contribution in [3.05, 3.63) is 0 Å². The molecule has 522 valence electrons. The molecule has 0 aromatic rings. The van der Waals surface area contributed by atoms with E-state index in [1.807, 2.05) is 0 Å². The summed E-state index contributed by atoms with van der Waals surface area (Å²) >= 11 is 0. The van der Waals surface area contributed by atoms with Gasteiger partial charge in [-0.05, 0) is 43.4 Å². The molecule has 0 bridgehead atoms. The Labute approximate surface area is 537 Å². The fraction of sp³-hybridized carbons (Fsp3) is 0.942. The van der Waals surface area contributed by atoms with Gasteiger partial charge < -0.3 is 33.8 Å². The van der Waals surface area contributed by atoms with E-state index < -0.39 is 97.5 Å². The summed E-state index contributed by atoms with van der Waals surface area (Å²) in [6, 6.07) is 0. The number of aliphatic hydroxyl groups excluding tert-OH is 1. The summed E-state index contributed by atoms with van der Waals surface area (Å²) in [5.74, 6) is 0.0810. The van der Waals surface area contributed by atoms with Crippen LogP contribution in [0.4, 0.5) is 0 Å². The highest BCUT2D eigenvalue weighted by Gasteiger charge is 2.30. The zero-order valence-corrected chi connectivity index (χ0v) is 59.0. The van der Waals surface area contributed by atoms with Gasteiger partial charge in [0.25, 0.3) is 0 Å². The van der Waals surface area contributed by atoms with Crippen molar-refractivity contribution in [1.29, 1.82) is 0 Å². The third-order valence-corrected chi connectivity index (χ3v) is 17.8. The predicted octanol–water partition coefficient (Wildman–Crippen LogP) is 19.5. The van der Waals surface area contributed by atoms with Gasteiger partial charge in [-0.2, -0.15) is 0 Å². The van der Waals surface area contributed by atoms with Crippen LogP contribution in [-0.2, 0) is 65.4 Å². The van der Waals surface area contributed by atoms with E-state index in [9.17, 15) is 43.2 Å². The second kappa shape index (κ2) is 60.0. The molecule has 3 N–H and O–H groups in total. The average Bonchev–Trinajstić information content (AvgIpc) is 3.57. The van der Waals surface area contributed by atoms with E-state index in [1.165, 1.54) is 148 Å². The number of rotatable bonds is 67. The van der Waals surface area contributed by atoms with Crippen LogP contribution in [0.5, 0.6) is 0 Å². The molecule has 0 aromatic heterocycles. The molecule has 0 saturated heterocycles. The predicted molar refractivity (Wildman–Crippen MR) is 354 cm³/mol. The maximum atomic E-state index is 13.0. The van der Waals surface area contributed by atoms with Crippen LogP contribution in [0.3, 0.4) is 0 Å². The SMILES string of the molecule is CCCCCCCCCCCCCC(=O)O[C@H](COC(=O)CCCCCCCCC(C)C)COP(=O)(O)OC[C@H](O)COP(=O)(O)OC[C@@H](COC(=O)CCCCCCCCCCCC(C)C)OC(=O)CCCCCCCCCCCCCCCC(C)C. The Morgan fingerprint density at radius 3 is 0.773 bits per heavy atom. The number of phosphoric acid groups is 2. The lowest BCUT2D eigenvalue weighted by atomic mass is 10.0. The Balaban J connectivity index is 5.24. The molecule has 0 rings (SSSR count). The normalized spacial score (nSPS) is 14.2. The van der Waals surface area contributed by atoms with E-state index in [-0.39, 0.29) is 25.7 Å². The topological polar surface area (TPSA) is 237 Å². The van der Waals surface area contributed by atoms with Crippen LogP contribution in [0.25, 0.3) is 0 Å². The van der Waals surface area contributed by atoms with E-state index in [0.717, 1.165) is 108 Å². The van der Waals surface area contributed by atoms with Crippen LogP contribution in [0, 0.1) is 17.8 Å². The van der Waals surface area contributed by atoms with E-state index in [4.69, 9.17) is 37.0 Å². The minimum absolute atomic E-state index is 0.105. The Kier molecular flexibility index (Phi) is 58.7. The third kappa shape index (κ3) is 62.8. The quantitative estimate of drug-likeness (QED) is 0.0222. The van der Waals surface area contributed by atoms with E-state index in [1.54, 1.807) is 0 Å². The molecule has 19 heteroatoms. The smallest absolute Gasteiger partial charge is 0.462 e. The maximum absolute atomic E-state index is 13.0. The zero-order chi connectivity index (χ0) is 65.2. The molecule has 0 saturated carbocycles. The summed E-state index contributed by atoms with van der Waals surface area (Å²) in [5.41, 5.74) is 0. The van der Waals surface area contributed by atoms with Crippen molar-refractivity contribution in [3.63, 3.8) is 0 Å². The molecule has 0 aliphatic carbocycles. The number of ether oxygens (including phenoxy) is 4. The van der Waals surface area contributed by atoms with Gasteiger partial charge in [0, 0.05) is 25.7 Å². The Morgan fingerprint density at radius 2 is 0.523 bits per heavy atom. The van der Waals surface area contributed by atoms with E-state index in [2.05, 4.69) is 48.5 Å². The molecule has 0 amide bonds. The first-order chi connectivity index (χ1) is 42.2. The minimum atomic E-state index is -4.95. The number of hydrogen-bond donors (Lipinski definition) is 3.